The Morgan fingerprint density at radius 2 is 2.24 bits per heavy atom. The number of H-pyrrole nitrogens is 1. The van der Waals surface area contributed by atoms with Crippen LogP contribution < -0.4 is 10.1 Å². The van der Waals surface area contributed by atoms with Crippen molar-refractivity contribution in [2.75, 3.05) is 18.5 Å². The number of ether oxygens (including phenoxy) is 2. The molecular formula is C18H20FN3O3. The third kappa shape index (κ3) is 3.82. The number of rotatable bonds is 6. The van der Waals surface area contributed by atoms with Gasteiger partial charge in [0.2, 0.25) is 0 Å². The molecule has 1 atom stereocenters. The summed E-state index contributed by atoms with van der Waals surface area (Å²) < 4.78 is 24.9. The molecule has 0 spiro atoms. The number of aromatic nitrogens is 2. The first-order valence-corrected chi connectivity index (χ1v) is 8.59. The van der Waals surface area contributed by atoms with Crippen LogP contribution in [0.1, 0.15) is 47.8 Å². The average molecular weight is 345 g/mol. The highest BCUT2D eigenvalue weighted by Crippen LogP contribution is 2.39. The van der Waals surface area contributed by atoms with E-state index in [0.29, 0.717) is 24.0 Å². The van der Waals surface area contributed by atoms with Crippen molar-refractivity contribution in [2.45, 2.75) is 37.7 Å². The topological polar surface area (TPSA) is 76.2 Å². The van der Waals surface area contributed by atoms with E-state index in [4.69, 9.17) is 9.47 Å². The molecule has 7 heteroatoms. The molecule has 132 valence electrons. The molecule has 2 N–H and O–H groups in total. The quantitative estimate of drug-likeness (QED) is 0.843. The predicted octanol–water partition coefficient (Wildman–Crippen LogP) is 3.24. The van der Waals surface area contributed by atoms with Crippen molar-refractivity contribution < 1.29 is 18.7 Å². The van der Waals surface area contributed by atoms with E-state index in [1.807, 2.05) is 0 Å². The molecule has 1 aliphatic heterocycles. The summed E-state index contributed by atoms with van der Waals surface area (Å²) in [6.45, 7) is 1.12. The zero-order chi connectivity index (χ0) is 17.2. The Bertz CT molecular complexity index is 767. The largest absolute Gasteiger partial charge is 0.489 e. The molecule has 4 rings (SSSR count). The van der Waals surface area contributed by atoms with E-state index in [-0.39, 0.29) is 11.8 Å². The number of hydrogen-bond acceptors (Lipinski definition) is 4. The van der Waals surface area contributed by atoms with Crippen molar-refractivity contribution in [1.82, 2.24) is 10.2 Å². The number of aromatic amines is 1. The standard InChI is InChI=1S/C18H20FN3O3/c19-12-5-6-17(25-10-13-2-1-7-24-13)15(8-12)20-18(23)16-9-14(21-22-16)11-3-4-11/h5-6,8-9,11,13H,1-4,7,10H2,(H,20,23)(H,21,22). The van der Waals surface area contributed by atoms with E-state index in [1.54, 1.807) is 6.07 Å². The summed E-state index contributed by atoms with van der Waals surface area (Å²) in [5.74, 6) is 0.0629. The number of benzene rings is 1. The van der Waals surface area contributed by atoms with Gasteiger partial charge in [0.25, 0.3) is 5.91 Å². The molecule has 6 nitrogen and oxygen atoms in total. The van der Waals surface area contributed by atoms with Crippen molar-refractivity contribution in [3.8, 4) is 5.75 Å². The Balaban J connectivity index is 1.45. The molecule has 2 fully saturated rings. The number of anilines is 1. The van der Waals surface area contributed by atoms with Gasteiger partial charge in [-0.25, -0.2) is 4.39 Å². The van der Waals surface area contributed by atoms with Crippen LogP contribution in [0, 0.1) is 5.82 Å². The second-order valence-corrected chi connectivity index (χ2v) is 6.52. The maximum Gasteiger partial charge on any atom is 0.276 e. The highest BCUT2D eigenvalue weighted by atomic mass is 19.1. The number of amides is 1. The average Bonchev–Trinajstić information content (AvgIpc) is 3.11. The molecule has 0 radical (unpaired) electrons. The lowest BCUT2D eigenvalue weighted by molar-refractivity contribution is 0.0681. The summed E-state index contributed by atoms with van der Waals surface area (Å²) >= 11 is 0. The summed E-state index contributed by atoms with van der Waals surface area (Å²) in [5.41, 5.74) is 1.55. The number of nitrogens with zero attached hydrogens (tertiary/aromatic N) is 1. The van der Waals surface area contributed by atoms with Gasteiger partial charge in [-0.2, -0.15) is 5.10 Å². The predicted molar refractivity (Wildman–Crippen MR) is 89.4 cm³/mol. The van der Waals surface area contributed by atoms with Crippen LogP contribution in [-0.2, 0) is 4.74 Å². The summed E-state index contributed by atoms with van der Waals surface area (Å²) in [4.78, 5) is 12.4. The van der Waals surface area contributed by atoms with Crippen LogP contribution in [0.5, 0.6) is 5.75 Å². The summed E-state index contributed by atoms with van der Waals surface area (Å²) in [7, 11) is 0. The second-order valence-electron chi connectivity index (χ2n) is 6.52. The monoisotopic (exact) mass is 345 g/mol. The second kappa shape index (κ2) is 6.84. The molecule has 25 heavy (non-hydrogen) atoms. The highest BCUT2D eigenvalue weighted by Gasteiger charge is 2.26. The number of hydrogen-bond donors (Lipinski definition) is 2. The fourth-order valence-corrected chi connectivity index (χ4v) is 2.93. The van der Waals surface area contributed by atoms with Gasteiger partial charge in [-0.15, -0.1) is 0 Å². The highest BCUT2D eigenvalue weighted by molar-refractivity contribution is 6.03. The van der Waals surface area contributed by atoms with Crippen LogP contribution in [0.4, 0.5) is 10.1 Å². The Kier molecular flexibility index (Phi) is 4.40. The Hall–Kier alpha value is -2.41. The normalized spacial score (nSPS) is 19.8. The Labute approximate surface area is 144 Å². The maximum atomic E-state index is 13.6. The molecule has 1 saturated heterocycles. The molecule has 2 aliphatic rings. The van der Waals surface area contributed by atoms with Crippen LogP contribution in [0.25, 0.3) is 0 Å². The minimum atomic E-state index is -0.444. The van der Waals surface area contributed by atoms with Gasteiger partial charge in [0.1, 0.15) is 18.2 Å². The van der Waals surface area contributed by atoms with E-state index < -0.39 is 11.7 Å². The summed E-state index contributed by atoms with van der Waals surface area (Å²) in [6.07, 6.45) is 4.24. The smallest absolute Gasteiger partial charge is 0.276 e. The van der Waals surface area contributed by atoms with Crippen molar-refractivity contribution in [3.63, 3.8) is 0 Å². The molecule has 1 aliphatic carbocycles. The van der Waals surface area contributed by atoms with Crippen molar-refractivity contribution >= 4 is 11.6 Å². The van der Waals surface area contributed by atoms with Crippen molar-refractivity contribution in [3.05, 3.63) is 41.5 Å². The van der Waals surface area contributed by atoms with Crippen molar-refractivity contribution in [2.24, 2.45) is 0 Å². The Morgan fingerprint density at radius 1 is 1.36 bits per heavy atom. The molecular weight excluding hydrogens is 325 g/mol. The summed E-state index contributed by atoms with van der Waals surface area (Å²) in [6, 6.07) is 5.82. The van der Waals surface area contributed by atoms with Crippen LogP contribution >= 0.6 is 0 Å². The van der Waals surface area contributed by atoms with E-state index in [1.165, 1.54) is 18.2 Å². The molecule has 2 heterocycles. The third-order valence-corrected chi connectivity index (χ3v) is 4.49. The van der Waals surface area contributed by atoms with Gasteiger partial charge in [0, 0.05) is 24.3 Å². The van der Waals surface area contributed by atoms with Gasteiger partial charge in [-0.3, -0.25) is 9.89 Å². The van der Waals surface area contributed by atoms with E-state index in [0.717, 1.165) is 38.0 Å². The molecule has 2 aromatic rings. The third-order valence-electron chi connectivity index (χ3n) is 4.49. The molecule has 1 saturated carbocycles. The van der Waals surface area contributed by atoms with Crippen LogP contribution in [0.15, 0.2) is 24.3 Å². The zero-order valence-electron chi connectivity index (χ0n) is 13.8. The molecule has 0 bridgehead atoms. The van der Waals surface area contributed by atoms with Crippen LogP contribution in [0.2, 0.25) is 0 Å². The fourth-order valence-electron chi connectivity index (χ4n) is 2.93. The number of carbonyl (C=O) groups excluding carboxylic acids is 1. The number of halogens is 1. The first-order valence-electron chi connectivity index (χ1n) is 8.59. The minimum Gasteiger partial charge on any atom is -0.489 e. The number of carbonyl (C=O) groups is 1. The summed E-state index contributed by atoms with van der Waals surface area (Å²) in [5, 5.41) is 9.62. The van der Waals surface area contributed by atoms with Gasteiger partial charge in [-0.1, -0.05) is 0 Å². The fraction of sp³-hybridized carbons (Fsp3) is 0.444. The molecule has 1 aromatic heterocycles. The zero-order valence-corrected chi connectivity index (χ0v) is 13.8. The van der Waals surface area contributed by atoms with Crippen LogP contribution in [-0.4, -0.2) is 35.4 Å². The molecule has 1 unspecified atom stereocenters. The number of nitrogens with one attached hydrogen (secondary N) is 2. The Morgan fingerprint density at radius 3 is 3.00 bits per heavy atom. The molecule has 1 amide bonds. The van der Waals surface area contributed by atoms with E-state index in [2.05, 4.69) is 15.5 Å². The van der Waals surface area contributed by atoms with Crippen molar-refractivity contribution in [1.29, 1.82) is 0 Å². The maximum absolute atomic E-state index is 13.6. The van der Waals surface area contributed by atoms with Gasteiger partial charge < -0.3 is 14.8 Å². The first kappa shape index (κ1) is 16.1. The van der Waals surface area contributed by atoms with Gasteiger partial charge in [0.05, 0.1) is 11.8 Å². The van der Waals surface area contributed by atoms with E-state index >= 15 is 0 Å². The SMILES string of the molecule is O=C(Nc1cc(F)ccc1OCC1CCCO1)c1cc(C2CC2)[nH]n1. The lowest BCUT2D eigenvalue weighted by Crippen LogP contribution is -2.18. The van der Waals surface area contributed by atoms with Gasteiger partial charge >= 0.3 is 0 Å². The van der Waals surface area contributed by atoms with Gasteiger partial charge in [-0.05, 0) is 43.9 Å². The lowest BCUT2D eigenvalue weighted by Gasteiger charge is -2.15. The van der Waals surface area contributed by atoms with Gasteiger partial charge in [0.15, 0.2) is 5.69 Å². The van der Waals surface area contributed by atoms with E-state index in [9.17, 15) is 9.18 Å². The molecule has 1 aromatic carbocycles. The first-order chi connectivity index (χ1) is 12.2. The minimum absolute atomic E-state index is 0.0426. The lowest BCUT2D eigenvalue weighted by atomic mass is 10.2. The van der Waals surface area contributed by atoms with Crippen LogP contribution in [0.3, 0.4) is 0 Å².